The molecule has 2 aromatic carbocycles. The van der Waals surface area contributed by atoms with Crippen molar-refractivity contribution in [3.8, 4) is 0 Å². The Balaban J connectivity index is 1.76. The Morgan fingerprint density at radius 2 is 1.70 bits per heavy atom. The number of benzene rings is 2. The lowest BCUT2D eigenvalue weighted by molar-refractivity contribution is -0.139. The normalized spacial score (nSPS) is 18.3. The summed E-state index contributed by atoms with van der Waals surface area (Å²) in [5.41, 5.74) is 5.14. The van der Waals surface area contributed by atoms with Gasteiger partial charge in [-0.1, -0.05) is 43.3 Å². The lowest BCUT2D eigenvalue weighted by Crippen LogP contribution is -2.51. The van der Waals surface area contributed by atoms with Crippen molar-refractivity contribution in [1.29, 1.82) is 0 Å². The van der Waals surface area contributed by atoms with Crippen molar-refractivity contribution in [2.45, 2.75) is 39.7 Å². The summed E-state index contributed by atoms with van der Waals surface area (Å²) in [5, 5.41) is 3.56. The minimum absolute atomic E-state index is 0.0287. The van der Waals surface area contributed by atoms with Gasteiger partial charge in [0.1, 0.15) is 5.54 Å². The van der Waals surface area contributed by atoms with Crippen LogP contribution < -0.4 is 15.6 Å². The fourth-order valence-corrected chi connectivity index (χ4v) is 3.89. The van der Waals surface area contributed by atoms with E-state index >= 15 is 0 Å². The lowest BCUT2D eigenvalue weighted by Gasteiger charge is -2.26. The number of aryl methyl sites for hydroxylation is 2. The topological polar surface area (TPSA) is 81.8 Å². The van der Waals surface area contributed by atoms with Gasteiger partial charge in [0.25, 0.3) is 11.8 Å². The van der Waals surface area contributed by atoms with Gasteiger partial charge in [0.15, 0.2) is 0 Å². The maximum atomic E-state index is 13.1. The van der Waals surface area contributed by atoms with E-state index in [9.17, 15) is 14.4 Å². The Labute approximate surface area is 177 Å². The highest BCUT2D eigenvalue weighted by atomic mass is 16.2. The molecule has 1 fully saturated rings. The van der Waals surface area contributed by atoms with Gasteiger partial charge >= 0.3 is 6.03 Å². The SMILES string of the molecule is CCN(CC(=O)NN1C(=O)NC(CC)(c2ccccc2)C1=O)c1cc(C)cc(C)c1. The van der Waals surface area contributed by atoms with E-state index in [1.54, 1.807) is 12.1 Å². The van der Waals surface area contributed by atoms with E-state index < -0.39 is 23.4 Å². The molecule has 2 aromatic rings. The summed E-state index contributed by atoms with van der Waals surface area (Å²) in [6.07, 6.45) is 0.373. The molecule has 1 atom stereocenters. The number of nitrogens with one attached hydrogen (secondary N) is 2. The second-order valence-electron chi connectivity index (χ2n) is 7.59. The van der Waals surface area contributed by atoms with Crippen molar-refractivity contribution < 1.29 is 14.4 Å². The zero-order chi connectivity index (χ0) is 21.9. The summed E-state index contributed by atoms with van der Waals surface area (Å²) in [5.74, 6) is -0.913. The van der Waals surface area contributed by atoms with Crippen molar-refractivity contribution in [3.63, 3.8) is 0 Å². The Hall–Kier alpha value is -3.35. The predicted octanol–water partition coefficient (Wildman–Crippen LogP) is 3.02. The van der Waals surface area contributed by atoms with Crippen LogP contribution in [0.15, 0.2) is 48.5 Å². The number of nitrogens with zero attached hydrogens (tertiary/aromatic N) is 2. The van der Waals surface area contributed by atoms with E-state index in [-0.39, 0.29) is 6.54 Å². The quantitative estimate of drug-likeness (QED) is 0.690. The third kappa shape index (κ3) is 4.01. The van der Waals surface area contributed by atoms with Gasteiger partial charge in [-0.25, -0.2) is 4.79 Å². The number of carbonyl (C=O) groups excluding carboxylic acids is 3. The first-order valence-corrected chi connectivity index (χ1v) is 10.2. The number of likely N-dealkylation sites (N-methyl/N-ethyl adjacent to an activating group) is 1. The number of hydrazine groups is 1. The molecule has 0 aromatic heterocycles. The standard InChI is InChI=1S/C23H28N4O3/c1-5-23(18-10-8-7-9-11-18)21(29)27(22(30)24-23)25-20(28)15-26(6-2)19-13-16(3)12-17(4)14-19/h7-14H,5-6,15H2,1-4H3,(H,24,30)(H,25,28). The molecular weight excluding hydrogens is 380 g/mol. The van der Waals surface area contributed by atoms with Crippen LogP contribution >= 0.6 is 0 Å². The van der Waals surface area contributed by atoms with Crippen molar-refractivity contribution in [2.24, 2.45) is 0 Å². The van der Waals surface area contributed by atoms with Gasteiger partial charge in [-0.15, -0.1) is 0 Å². The molecule has 0 aliphatic carbocycles. The molecule has 2 N–H and O–H groups in total. The van der Waals surface area contributed by atoms with Crippen LogP contribution in [0.3, 0.4) is 0 Å². The summed E-state index contributed by atoms with van der Waals surface area (Å²) in [6.45, 7) is 8.43. The van der Waals surface area contributed by atoms with Crippen molar-refractivity contribution >= 4 is 23.5 Å². The zero-order valence-electron chi connectivity index (χ0n) is 17.9. The first kappa shape index (κ1) is 21.4. The Kier molecular flexibility index (Phi) is 6.10. The molecule has 7 heteroatoms. The number of imide groups is 1. The summed E-state index contributed by atoms with van der Waals surface area (Å²) < 4.78 is 0. The van der Waals surface area contributed by atoms with Crippen LogP contribution in [0.2, 0.25) is 0 Å². The van der Waals surface area contributed by atoms with Crippen molar-refractivity contribution in [3.05, 3.63) is 65.2 Å². The van der Waals surface area contributed by atoms with Crippen LogP contribution in [0.4, 0.5) is 10.5 Å². The van der Waals surface area contributed by atoms with Crippen LogP contribution in [0, 0.1) is 13.8 Å². The number of carbonyl (C=O) groups is 3. The molecule has 30 heavy (non-hydrogen) atoms. The molecule has 1 unspecified atom stereocenters. The summed E-state index contributed by atoms with van der Waals surface area (Å²) >= 11 is 0. The lowest BCUT2D eigenvalue weighted by atomic mass is 9.87. The largest absolute Gasteiger partial charge is 0.362 e. The molecule has 0 bridgehead atoms. The van der Waals surface area contributed by atoms with Crippen molar-refractivity contribution in [1.82, 2.24) is 15.8 Å². The molecule has 0 saturated carbocycles. The number of hydrogen-bond acceptors (Lipinski definition) is 4. The zero-order valence-corrected chi connectivity index (χ0v) is 17.9. The monoisotopic (exact) mass is 408 g/mol. The second kappa shape index (κ2) is 8.57. The van der Waals surface area contributed by atoms with Gasteiger partial charge < -0.3 is 10.2 Å². The molecule has 0 radical (unpaired) electrons. The minimum Gasteiger partial charge on any atom is -0.362 e. The van der Waals surface area contributed by atoms with Gasteiger partial charge in [-0.05, 0) is 56.0 Å². The van der Waals surface area contributed by atoms with Gasteiger partial charge in [-0.2, -0.15) is 5.01 Å². The Morgan fingerprint density at radius 3 is 2.27 bits per heavy atom. The highest BCUT2D eigenvalue weighted by Gasteiger charge is 2.52. The van der Waals surface area contributed by atoms with Gasteiger partial charge in [0, 0.05) is 12.2 Å². The van der Waals surface area contributed by atoms with Crippen LogP contribution in [0.25, 0.3) is 0 Å². The molecule has 0 spiro atoms. The molecule has 1 heterocycles. The fourth-order valence-electron chi connectivity index (χ4n) is 3.89. The third-order valence-corrected chi connectivity index (χ3v) is 5.41. The van der Waals surface area contributed by atoms with Gasteiger partial charge in [0.2, 0.25) is 0 Å². The van der Waals surface area contributed by atoms with Crippen molar-refractivity contribution in [2.75, 3.05) is 18.0 Å². The molecular formula is C23H28N4O3. The van der Waals surface area contributed by atoms with E-state index in [0.717, 1.165) is 21.8 Å². The average Bonchev–Trinajstić information content (AvgIpc) is 2.97. The molecule has 158 valence electrons. The van der Waals surface area contributed by atoms with E-state index in [0.29, 0.717) is 18.5 Å². The molecule has 1 saturated heterocycles. The van der Waals surface area contributed by atoms with E-state index in [4.69, 9.17) is 0 Å². The first-order valence-electron chi connectivity index (χ1n) is 10.2. The summed E-state index contributed by atoms with van der Waals surface area (Å²) in [4.78, 5) is 40.3. The minimum atomic E-state index is -1.18. The van der Waals surface area contributed by atoms with E-state index in [1.165, 1.54) is 0 Å². The van der Waals surface area contributed by atoms with Crippen LogP contribution in [-0.4, -0.2) is 35.9 Å². The van der Waals surface area contributed by atoms with Crippen LogP contribution in [0.1, 0.15) is 37.0 Å². The van der Waals surface area contributed by atoms with Crippen LogP contribution in [0.5, 0.6) is 0 Å². The smallest absolute Gasteiger partial charge is 0.344 e. The van der Waals surface area contributed by atoms with Gasteiger partial charge in [0.05, 0.1) is 6.54 Å². The maximum Gasteiger partial charge on any atom is 0.344 e. The number of hydrogen-bond donors (Lipinski definition) is 2. The number of amides is 4. The summed E-state index contributed by atoms with van der Waals surface area (Å²) in [7, 11) is 0. The van der Waals surface area contributed by atoms with E-state index in [2.05, 4.69) is 16.8 Å². The molecule has 3 rings (SSSR count). The van der Waals surface area contributed by atoms with Gasteiger partial charge in [-0.3, -0.25) is 15.0 Å². The number of rotatable bonds is 7. The molecule has 1 aliphatic heterocycles. The Bertz CT molecular complexity index is 940. The first-order chi connectivity index (χ1) is 14.3. The average molecular weight is 409 g/mol. The molecule has 4 amide bonds. The molecule has 1 aliphatic rings. The van der Waals surface area contributed by atoms with E-state index in [1.807, 2.05) is 62.9 Å². The molecule has 7 nitrogen and oxygen atoms in total. The number of anilines is 1. The predicted molar refractivity (Wildman–Crippen MR) is 116 cm³/mol. The third-order valence-electron chi connectivity index (χ3n) is 5.41. The fraction of sp³-hybridized carbons (Fsp3) is 0.348. The Morgan fingerprint density at radius 1 is 1.07 bits per heavy atom. The highest BCUT2D eigenvalue weighted by Crippen LogP contribution is 2.31. The van der Waals surface area contributed by atoms with Crippen LogP contribution in [-0.2, 0) is 15.1 Å². The summed E-state index contributed by atoms with van der Waals surface area (Å²) in [6, 6.07) is 14.5. The highest BCUT2D eigenvalue weighted by molar-refractivity contribution is 6.08. The maximum absolute atomic E-state index is 13.1. The second-order valence-corrected chi connectivity index (χ2v) is 7.59. The number of urea groups is 1.